The van der Waals surface area contributed by atoms with Crippen molar-refractivity contribution in [1.29, 1.82) is 0 Å². The molecule has 194 valence electrons. The monoisotopic (exact) mass is 516 g/mol. The average Bonchev–Trinajstić information content (AvgIpc) is 3.27. The van der Waals surface area contributed by atoms with E-state index < -0.39 is 15.7 Å². The number of sulfone groups is 1. The van der Waals surface area contributed by atoms with Crippen LogP contribution in [0.15, 0.2) is 30.6 Å². The highest BCUT2D eigenvalue weighted by molar-refractivity contribution is 7.90. The summed E-state index contributed by atoms with van der Waals surface area (Å²) in [4.78, 5) is 31.4. The van der Waals surface area contributed by atoms with Crippen LogP contribution < -0.4 is 15.0 Å². The van der Waals surface area contributed by atoms with Gasteiger partial charge in [-0.15, -0.1) is 0 Å². The molecule has 12 heteroatoms. The van der Waals surface area contributed by atoms with E-state index in [0.717, 1.165) is 43.2 Å². The molecule has 0 bridgehead atoms. The van der Waals surface area contributed by atoms with E-state index in [1.807, 2.05) is 19.2 Å². The Morgan fingerprint density at radius 3 is 2.81 bits per heavy atom. The van der Waals surface area contributed by atoms with Crippen molar-refractivity contribution >= 4 is 32.6 Å². The Morgan fingerprint density at radius 2 is 2.08 bits per heavy atom. The van der Waals surface area contributed by atoms with Gasteiger partial charge in [0.15, 0.2) is 0 Å². The third-order valence-electron chi connectivity index (χ3n) is 6.13. The first-order valence-electron chi connectivity index (χ1n) is 11.9. The van der Waals surface area contributed by atoms with Crippen molar-refractivity contribution in [2.75, 3.05) is 50.3 Å². The number of anilines is 1. The van der Waals surface area contributed by atoms with Gasteiger partial charge in [-0.1, -0.05) is 0 Å². The van der Waals surface area contributed by atoms with Crippen molar-refractivity contribution in [3.05, 3.63) is 41.9 Å². The van der Waals surface area contributed by atoms with Gasteiger partial charge in [0.25, 0.3) is 5.91 Å². The van der Waals surface area contributed by atoms with Crippen LogP contribution >= 0.6 is 0 Å². The van der Waals surface area contributed by atoms with Crippen LogP contribution in [0, 0.1) is 0 Å². The summed E-state index contributed by atoms with van der Waals surface area (Å²) < 4.78 is 33.8. The molecule has 1 aliphatic heterocycles. The SMILES string of the molecule is COC[C@@H](C)Oc1nc(C(=O)NCCS(C)(=O)=O)cc(N2CCC(c3c[nH]c4ncccc34)CC2)n1. The minimum atomic E-state index is -3.20. The number of hydrogen-bond donors (Lipinski definition) is 2. The van der Waals surface area contributed by atoms with Crippen molar-refractivity contribution in [1.82, 2.24) is 25.3 Å². The summed E-state index contributed by atoms with van der Waals surface area (Å²) in [5.41, 5.74) is 2.28. The number of rotatable bonds is 10. The summed E-state index contributed by atoms with van der Waals surface area (Å²) >= 11 is 0. The predicted molar refractivity (Wildman–Crippen MR) is 136 cm³/mol. The minimum absolute atomic E-state index is 0.00184. The number of aromatic nitrogens is 4. The molecule has 1 aliphatic rings. The van der Waals surface area contributed by atoms with Crippen LogP contribution in [0.4, 0.5) is 5.82 Å². The van der Waals surface area contributed by atoms with Gasteiger partial charge in [0.2, 0.25) is 0 Å². The maximum absolute atomic E-state index is 12.8. The molecule has 4 heterocycles. The van der Waals surface area contributed by atoms with Crippen molar-refractivity contribution in [2.45, 2.75) is 31.8 Å². The molecule has 36 heavy (non-hydrogen) atoms. The van der Waals surface area contributed by atoms with E-state index in [9.17, 15) is 13.2 Å². The van der Waals surface area contributed by atoms with Crippen molar-refractivity contribution < 1.29 is 22.7 Å². The summed E-state index contributed by atoms with van der Waals surface area (Å²) in [5, 5.41) is 3.76. The highest BCUT2D eigenvalue weighted by Gasteiger charge is 2.25. The number of pyridine rings is 1. The number of ether oxygens (including phenoxy) is 2. The number of H-pyrrole nitrogens is 1. The first-order valence-corrected chi connectivity index (χ1v) is 14.0. The van der Waals surface area contributed by atoms with Gasteiger partial charge in [-0.25, -0.2) is 13.4 Å². The zero-order chi connectivity index (χ0) is 25.7. The van der Waals surface area contributed by atoms with Gasteiger partial charge in [-0.2, -0.15) is 9.97 Å². The molecule has 11 nitrogen and oxygen atoms in total. The highest BCUT2D eigenvalue weighted by Crippen LogP contribution is 2.34. The molecule has 0 aliphatic carbocycles. The average molecular weight is 517 g/mol. The standard InChI is InChI=1S/C24H32N6O5S/c1-16(15-34-2)35-24-28-20(23(31)26-9-12-36(3,32)33)13-21(29-24)30-10-6-17(7-11-30)19-14-27-22-18(19)5-4-8-25-22/h4-5,8,13-14,16-17H,6-7,9-12,15H2,1-3H3,(H,25,27)(H,26,31)/t16-/m1/s1. The number of carbonyl (C=O) groups is 1. The van der Waals surface area contributed by atoms with Crippen molar-refractivity contribution in [3.63, 3.8) is 0 Å². The normalized spacial score (nSPS) is 15.7. The quantitative estimate of drug-likeness (QED) is 0.414. The zero-order valence-corrected chi connectivity index (χ0v) is 21.5. The number of amides is 1. The first-order chi connectivity index (χ1) is 17.2. The first kappa shape index (κ1) is 25.8. The third-order valence-corrected chi connectivity index (χ3v) is 7.08. The summed E-state index contributed by atoms with van der Waals surface area (Å²) in [5.74, 6) is 0.351. The number of hydrogen-bond acceptors (Lipinski definition) is 9. The Morgan fingerprint density at radius 1 is 1.31 bits per heavy atom. The number of methoxy groups -OCH3 is 1. The highest BCUT2D eigenvalue weighted by atomic mass is 32.2. The zero-order valence-electron chi connectivity index (χ0n) is 20.7. The second kappa shape index (κ2) is 11.2. The summed E-state index contributed by atoms with van der Waals surface area (Å²) in [6.07, 6.45) is 6.47. The maximum Gasteiger partial charge on any atom is 0.319 e. The minimum Gasteiger partial charge on any atom is -0.458 e. The lowest BCUT2D eigenvalue weighted by atomic mass is 9.89. The Kier molecular flexibility index (Phi) is 8.04. The molecule has 4 rings (SSSR count). The fraction of sp³-hybridized carbons (Fsp3) is 0.500. The molecule has 1 saturated heterocycles. The van der Waals surface area contributed by atoms with E-state index >= 15 is 0 Å². The van der Waals surface area contributed by atoms with Crippen molar-refractivity contribution in [2.24, 2.45) is 0 Å². The number of nitrogens with zero attached hydrogens (tertiary/aromatic N) is 4. The molecule has 0 aromatic carbocycles. The molecule has 0 spiro atoms. The Balaban J connectivity index is 1.50. The number of carbonyl (C=O) groups excluding carboxylic acids is 1. The van der Waals surface area contributed by atoms with Crippen molar-refractivity contribution in [3.8, 4) is 6.01 Å². The van der Waals surface area contributed by atoms with E-state index in [2.05, 4.69) is 36.2 Å². The molecular formula is C24H32N6O5S. The van der Waals surface area contributed by atoms with Crippen LogP contribution in [0.1, 0.15) is 41.7 Å². The fourth-order valence-electron chi connectivity index (χ4n) is 4.37. The van der Waals surface area contributed by atoms with Crippen LogP contribution in [0.3, 0.4) is 0 Å². The molecular weight excluding hydrogens is 484 g/mol. The Labute approximate surface area is 210 Å². The summed E-state index contributed by atoms with van der Waals surface area (Å²) in [6.45, 7) is 3.66. The Bertz CT molecular complexity index is 1300. The molecule has 0 radical (unpaired) electrons. The van der Waals surface area contributed by atoms with Gasteiger partial charge in [-0.05, 0) is 43.4 Å². The van der Waals surface area contributed by atoms with Crippen LogP contribution in [0.25, 0.3) is 11.0 Å². The smallest absolute Gasteiger partial charge is 0.319 e. The molecule has 1 atom stereocenters. The summed E-state index contributed by atoms with van der Waals surface area (Å²) in [6, 6.07) is 5.74. The van der Waals surface area contributed by atoms with E-state index in [1.165, 1.54) is 5.56 Å². The maximum atomic E-state index is 12.8. The summed E-state index contributed by atoms with van der Waals surface area (Å²) in [7, 11) is -1.62. The van der Waals surface area contributed by atoms with Gasteiger partial charge in [0, 0.05) is 56.8 Å². The van der Waals surface area contributed by atoms with Gasteiger partial charge in [0.1, 0.15) is 33.1 Å². The fourth-order valence-corrected chi connectivity index (χ4v) is 4.84. The molecule has 3 aromatic heterocycles. The lowest BCUT2D eigenvalue weighted by Gasteiger charge is -2.33. The second-order valence-corrected chi connectivity index (χ2v) is 11.3. The van der Waals surface area contributed by atoms with E-state index in [4.69, 9.17) is 9.47 Å². The molecule has 0 saturated carbocycles. The largest absolute Gasteiger partial charge is 0.458 e. The number of aromatic amines is 1. The lowest BCUT2D eigenvalue weighted by Crippen LogP contribution is -2.34. The van der Waals surface area contributed by atoms with Gasteiger partial charge < -0.3 is 24.7 Å². The van der Waals surface area contributed by atoms with Gasteiger partial charge >= 0.3 is 6.01 Å². The van der Waals surface area contributed by atoms with Crippen LogP contribution in [-0.4, -0.2) is 85.7 Å². The molecule has 2 N–H and O–H groups in total. The lowest BCUT2D eigenvalue weighted by molar-refractivity contribution is 0.0843. The molecule has 1 amide bonds. The molecule has 3 aromatic rings. The number of fused-ring (bicyclic) bond motifs is 1. The van der Waals surface area contributed by atoms with E-state index in [0.29, 0.717) is 18.3 Å². The number of nitrogens with one attached hydrogen (secondary N) is 2. The van der Waals surface area contributed by atoms with Gasteiger partial charge in [-0.3, -0.25) is 4.79 Å². The topological polar surface area (TPSA) is 139 Å². The van der Waals surface area contributed by atoms with Crippen LogP contribution in [0.5, 0.6) is 6.01 Å². The third kappa shape index (κ3) is 6.49. The van der Waals surface area contributed by atoms with Crippen LogP contribution in [-0.2, 0) is 14.6 Å². The number of piperidine rings is 1. The predicted octanol–water partition coefficient (Wildman–Crippen LogP) is 1.93. The van der Waals surface area contributed by atoms with Gasteiger partial charge in [0.05, 0.1) is 12.4 Å². The molecule has 1 fully saturated rings. The second-order valence-electron chi connectivity index (χ2n) is 9.07. The molecule has 0 unspecified atom stereocenters. The van der Waals surface area contributed by atoms with E-state index in [1.54, 1.807) is 19.4 Å². The van der Waals surface area contributed by atoms with Crippen LogP contribution in [0.2, 0.25) is 0 Å². The van der Waals surface area contributed by atoms with E-state index in [-0.39, 0.29) is 30.1 Å². The Hall–Kier alpha value is -3.25.